The first-order valence-electron chi connectivity index (χ1n) is 10.9. The zero-order valence-electron chi connectivity index (χ0n) is 17.8. The predicted molar refractivity (Wildman–Crippen MR) is 115 cm³/mol. The molecule has 1 aromatic heterocycles. The Labute approximate surface area is 178 Å². The molecular formula is C23H30N2O4S. The van der Waals surface area contributed by atoms with Crippen LogP contribution < -0.4 is 0 Å². The molecule has 2 heterocycles. The lowest BCUT2D eigenvalue weighted by Crippen LogP contribution is -2.27. The van der Waals surface area contributed by atoms with E-state index >= 15 is 0 Å². The smallest absolute Gasteiger partial charge is 0.325 e. The zero-order valence-corrected chi connectivity index (χ0v) is 18.6. The molecule has 1 aromatic carbocycles. The van der Waals surface area contributed by atoms with Crippen LogP contribution in [-0.2, 0) is 45.4 Å². The summed E-state index contributed by atoms with van der Waals surface area (Å²) < 4.78 is 34.3. The minimum atomic E-state index is -3.38. The van der Waals surface area contributed by atoms with Crippen LogP contribution in [0.1, 0.15) is 54.3 Å². The highest BCUT2D eigenvalue weighted by Crippen LogP contribution is 2.33. The number of nitrogens with zero attached hydrogens (tertiary/aromatic N) is 2. The van der Waals surface area contributed by atoms with Gasteiger partial charge in [-0.2, -0.15) is 4.31 Å². The second kappa shape index (κ2) is 8.55. The molecule has 6 nitrogen and oxygen atoms in total. The van der Waals surface area contributed by atoms with Gasteiger partial charge in [-0.15, -0.1) is 0 Å². The molecule has 0 radical (unpaired) electrons. The summed E-state index contributed by atoms with van der Waals surface area (Å²) in [6.07, 6.45) is 5.74. The molecular weight excluding hydrogens is 400 g/mol. The molecule has 162 valence electrons. The third kappa shape index (κ3) is 3.93. The largest absolute Gasteiger partial charge is 0.465 e. The maximum atomic E-state index is 12.7. The van der Waals surface area contributed by atoms with Crippen LogP contribution >= 0.6 is 0 Å². The summed E-state index contributed by atoms with van der Waals surface area (Å²) in [5, 5.41) is 0. The Balaban J connectivity index is 1.57. The summed E-state index contributed by atoms with van der Waals surface area (Å²) in [6, 6.07) is 7.31. The van der Waals surface area contributed by atoms with Gasteiger partial charge in [0.1, 0.15) is 6.54 Å². The molecule has 0 spiro atoms. The van der Waals surface area contributed by atoms with Crippen molar-refractivity contribution in [3.63, 3.8) is 0 Å². The van der Waals surface area contributed by atoms with E-state index in [4.69, 9.17) is 4.74 Å². The van der Waals surface area contributed by atoms with E-state index in [9.17, 15) is 13.2 Å². The number of fused-ring (bicyclic) bond motifs is 1. The maximum Gasteiger partial charge on any atom is 0.325 e. The lowest BCUT2D eigenvalue weighted by Gasteiger charge is -2.15. The summed E-state index contributed by atoms with van der Waals surface area (Å²) in [5.74, 6) is -0.201. The van der Waals surface area contributed by atoms with E-state index in [1.165, 1.54) is 16.8 Å². The Morgan fingerprint density at radius 3 is 2.43 bits per heavy atom. The van der Waals surface area contributed by atoms with E-state index < -0.39 is 10.0 Å². The van der Waals surface area contributed by atoms with E-state index in [0.717, 1.165) is 49.8 Å². The van der Waals surface area contributed by atoms with Crippen LogP contribution in [-0.4, -0.2) is 43.0 Å². The minimum Gasteiger partial charge on any atom is -0.465 e. The van der Waals surface area contributed by atoms with Crippen molar-refractivity contribution in [2.45, 2.75) is 63.8 Å². The quantitative estimate of drug-likeness (QED) is 0.633. The van der Waals surface area contributed by atoms with E-state index in [1.54, 1.807) is 16.4 Å². The number of benzene rings is 1. The summed E-state index contributed by atoms with van der Waals surface area (Å²) in [4.78, 5) is 12.4. The number of hydrogen-bond acceptors (Lipinski definition) is 4. The molecule has 1 aliphatic carbocycles. The highest BCUT2D eigenvalue weighted by molar-refractivity contribution is 7.89. The number of ether oxygens (including phenoxy) is 1. The minimum absolute atomic E-state index is 0.201. The van der Waals surface area contributed by atoms with Crippen molar-refractivity contribution in [2.24, 2.45) is 0 Å². The summed E-state index contributed by atoms with van der Waals surface area (Å²) >= 11 is 0. The average Bonchev–Trinajstić information content (AvgIpc) is 3.46. The van der Waals surface area contributed by atoms with Gasteiger partial charge in [-0.05, 0) is 81.2 Å². The molecule has 1 aliphatic heterocycles. The van der Waals surface area contributed by atoms with Crippen LogP contribution in [0.25, 0.3) is 0 Å². The predicted octanol–water partition coefficient (Wildman–Crippen LogP) is 3.22. The Bertz CT molecular complexity index is 1030. The van der Waals surface area contributed by atoms with Crippen molar-refractivity contribution in [3.8, 4) is 0 Å². The second-order valence-corrected chi connectivity index (χ2v) is 10.1. The van der Waals surface area contributed by atoms with Gasteiger partial charge in [-0.25, -0.2) is 8.42 Å². The number of sulfonamides is 1. The number of esters is 1. The number of aromatic nitrogens is 1. The first-order chi connectivity index (χ1) is 14.4. The third-order valence-corrected chi connectivity index (χ3v) is 8.23. The molecule has 0 N–H and O–H groups in total. The van der Waals surface area contributed by atoms with Crippen molar-refractivity contribution >= 4 is 16.0 Å². The average molecular weight is 431 g/mol. The van der Waals surface area contributed by atoms with Gasteiger partial charge in [-0.1, -0.05) is 12.1 Å². The van der Waals surface area contributed by atoms with E-state index in [2.05, 4.69) is 11.5 Å². The SMILES string of the molecule is CCOC(=O)Cn1c(C)c(Cc2ccc(S(=O)(=O)N3CCCC3)cc2)c2c1CCC2. The van der Waals surface area contributed by atoms with Crippen LogP contribution in [0.3, 0.4) is 0 Å². The van der Waals surface area contributed by atoms with Gasteiger partial charge in [0.05, 0.1) is 11.5 Å². The van der Waals surface area contributed by atoms with E-state index in [0.29, 0.717) is 24.6 Å². The topological polar surface area (TPSA) is 68.6 Å². The lowest BCUT2D eigenvalue weighted by molar-refractivity contribution is -0.143. The van der Waals surface area contributed by atoms with E-state index in [-0.39, 0.29) is 12.5 Å². The van der Waals surface area contributed by atoms with Crippen molar-refractivity contribution < 1.29 is 17.9 Å². The third-order valence-electron chi connectivity index (χ3n) is 6.32. The molecule has 0 saturated carbocycles. The number of carbonyl (C=O) groups is 1. The van der Waals surface area contributed by atoms with Gasteiger partial charge >= 0.3 is 5.97 Å². The van der Waals surface area contributed by atoms with Gasteiger partial charge in [0, 0.05) is 24.5 Å². The Hall–Kier alpha value is -2.12. The van der Waals surface area contributed by atoms with Crippen LogP contribution in [0.2, 0.25) is 0 Å². The Morgan fingerprint density at radius 1 is 1.07 bits per heavy atom. The molecule has 1 saturated heterocycles. The van der Waals surface area contributed by atoms with Crippen molar-refractivity contribution in [1.82, 2.24) is 8.87 Å². The molecule has 0 atom stereocenters. The van der Waals surface area contributed by atoms with Crippen LogP contribution in [0.4, 0.5) is 0 Å². The van der Waals surface area contributed by atoms with Gasteiger partial charge in [0.2, 0.25) is 10.0 Å². The van der Waals surface area contributed by atoms with Gasteiger partial charge in [-0.3, -0.25) is 4.79 Å². The standard InChI is InChI=1S/C23H30N2O4S/c1-3-29-23(26)16-25-17(2)21(20-7-6-8-22(20)25)15-18-9-11-19(12-10-18)30(27,28)24-13-4-5-14-24/h9-12H,3-8,13-16H2,1-2H3. The first kappa shape index (κ1) is 21.1. The number of rotatable bonds is 7. The molecule has 2 aliphatic rings. The van der Waals surface area contributed by atoms with Crippen molar-refractivity contribution in [1.29, 1.82) is 0 Å². The summed E-state index contributed by atoms with van der Waals surface area (Å²) in [7, 11) is -3.38. The maximum absolute atomic E-state index is 12.7. The fourth-order valence-electron chi connectivity index (χ4n) is 4.78. The van der Waals surface area contributed by atoms with Gasteiger partial charge < -0.3 is 9.30 Å². The molecule has 7 heteroatoms. The van der Waals surface area contributed by atoms with Crippen LogP contribution in [0.15, 0.2) is 29.2 Å². The van der Waals surface area contributed by atoms with Gasteiger partial charge in [0.25, 0.3) is 0 Å². The summed E-state index contributed by atoms with van der Waals surface area (Å²) in [5.41, 5.74) is 6.07. The monoisotopic (exact) mass is 430 g/mol. The molecule has 0 amide bonds. The van der Waals surface area contributed by atoms with E-state index in [1.807, 2.05) is 19.1 Å². The summed E-state index contributed by atoms with van der Waals surface area (Å²) in [6.45, 7) is 5.77. The van der Waals surface area contributed by atoms with Crippen LogP contribution in [0.5, 0.6) is 0 Å². The van der Waals surface area contributed by atoms with Crippen LogP contribution in [0, 0.1) is 6.92 Å². The number of carbonyl (C=O) groups excluding carboxylic acids is 1. The number of hydrogen-bond donors (Lipinski definition) is 0. The van der Waals surface area contributed by atoms with Crippen molar-refractivity contribution in [2.75, 3.05) is 19.7 Å². The van der Waals surface area contributed by atoms with Gasteiger partial charge in [0.15, 0.2) is 0 Å². The second-order valence-electron chi connectivity index (χ2n) is 8.17. The fraction of sp³-hybridized carbons (Fsp3) is 0.522. The highest BCUT2D eigenvalue weighted by atomic mass is 32.2. The highest BCUT2D eigenvalue weighted by Gasteiger charge is 2.28. The lowest BCUT2D eigenvalue weighted by atomic mass is 10.0. The molecule has 30 heavy (non-hydrogen) atoms. The first-order valence-corrected chi connectivity index (χ1v) is 12.3. The molecule has 2 aromatic rings. The fourth-order valence-corrected chi connectivity index (χ4v) is 6.30. The molecule has 4 rings (SSSR count). The van der Waals surface area contributed by atoms with Crippen molar-refractivity contribution in [3.05, 3.63) is 52.3 Å². The zero-order chi connectivity index (χ0) is 21.3. The normalized spacial score (nSPS) is 16.7. The Morgan fingerprint density at radius 2 is 1.77 bits per heavy atom. The molecule has 0 unspecified atom stereocenters. The molecule has 0 bridgehead atoms. The Kier molecular flexibility index (Phi) is 6.02. The molecule has 1 fully saturated rings.